The minimum atomic E-state index is -0.794. The summed E-state index contributed by atoms with van der Waals surface area (Å²) in [5, 5.41) is 7.28. The Balaban J connectivity index is 1.65. The first kappa shape index (κ1) is 25.6. The summed E-state index contributed by atoms with van der Waals surface area (Å²) in [5.74, 6) is -0.268. The van der Waals surface area contributed by atoms with E-state index in [0.29, 0.717) is 11.5 Å². The van der Waals surface area contributed by atoms with Crippen LogP contribution in [0.4, 0.5) is 5.69 Å². The molecule has 1 aromatic heterocycles. The van der Waals surface area contributed by atoms with E-state index >= 15 is 0 Å². The molecular formula is C25H26N2O7S. The highest BCUT2D eigenvalue weighted by molar-refractivity contribution is 7.10. The van der Waals surface area contributed by atoms with Gasteiger partial charge in [-0.25, -0.2) is 4.79 Å². The topological polar surface area (TPSA) is 112 Å². The third kappa shape index (κ3) is 7.21. The number of hydrogen-bond donors (Lipinski definition) is 2. The van der Waals surface area contributed by atoms with Gasteiger partial charge in [-0.3, -0.25) is 9.59 Å². The van der Waals surface area contributed by atoms with Crippen molar-refractivity contribution < 1.29 is 33.3 Å². The van der Waals surface area contributed by atoms with Crippen molar-refractivity contribution in [3.05, 3.63) is 69.9 Å². The van der Waals surface area contributed by atoms with E-state index in [1.165, 1.54) is 37.7 Å². The predicted octanol–water partition coefficient (Wildman–Crippen LogP) is 3.43. The van der Waals surface area contributed by atoms with Crippen LogP contribution in [0.5, 0.6) is 17.2 Å². The van der Waals surface area contributed by atoms with Crippen molar-refractivity contribution in [2.75, 3.05) is 33.3 Å². The number of rotatable bonds is 11. The van der Waals surface area contributed by atoms with Crippen LogP contribution in [0, 0.1) is 0 Å². The molecular weight excluding hydrogens is 472 g/mol. The Morgan fingerprint density at radius 1 is 0.886 bits per heavy atom. The summed E-state index contributed by atoms with van der Waals surface area (Å²) in [6.07, 6.45) is 0.147. The highest BCUT2D eigenvalue weighted by Crippen LogP contribution is 2.34. The van der Waals surface area contributed by atoms with Crippen LogP contribution in [0.1, 0.15) is 20.8 Å². The lowest BCUT2D eigenvalue weighted by atomic mass is 10.1. The zero-order valence-corrected chi connectivity index (χ0v) is 20.4. The Hall–Kier alpha value is -4.05. The van der Waals surface area contributed by atoms with E-state index < -0.39 is 18.5 Å². The van der Waals surface area contributed by atoms with Crippen LogP contribution < -0.4 is 24.8 Å². The van der Waals surface area contributed by atoms with Crippen molar-refractivity contribution in [1.82, 2.24) is 5.32 Å². The number of esters is 1. The number of carbonyl (C=O) groups is 3. The van der Waals surface area contributed by atoms with Crippen LogP contribution in [0.2, 0.25) is 0 Å². The molecule has 10 heteroatoms. The normalized spacial score (nSPS) is 10.3. The highest BCUT2D eigenvalue weighted by atomic mass is 32.1. The Bertz CT molecular complexity index is 1160. The largest absolute Gasteiger partial charge is 0.497 e. The maximum atomic E-state index is 12.8. The molecule has 0 aliphatic heterocycles. The number of nitrogens with one attached hydrogen (secondary N) is 2. The number of thiophene rings is 1. The molecule has 0 fully saturated rings. The summed E-state index contributed by atoms with van der Waals surface area (Å²) >= 11 is 1.45. The highest BCUT2D eigenvalue weighted by Gasteiger charge is 2.21. The first-order valence-electron chi connectivity index (χ1n) is 10.6. The lowest BCUT2D eigenvalue weighted by Crippen LogP contribution is -2.28. The van der Waals surface area contributed by atoms with Gasteiger partial charge in [0.15, 0.2) is 18.1 Å². The van der Waals surface area contributed by atoms with Crippen LogP contribution in [0.3, 0.4) is 0 Å². The molecule has 3 aromatic rings. The zero-order valence-electron chi connectivity index (χ0n) is 19.6. The fourth-order valence-corrected chi connectivity index (χ4v) is 3.82. The maximum absolute atomic E-state index is 12.8. The van der Waals surface area contributed by atoms with Crippen LogP contribution >= 0.6 is 11.3 Å². The first-order chi connectivity index (χ1) is 16.9. The fourth-order valence-electron chi connectivity index (χ4n) is 3.12. The van der Waals surface area contributed by atoms with E-state index in [2.05, 4.69) is 10.6 Å². The van der Waals surface area contributed by atoms with Gasteiger partial charge in [-0.2, -0.15) is 0 Å². The molecule has 0 spiro atoms. The van der Waals surface area contributed by atoms with Gasteiger partial charge in [0.05, 0.1) is 39.0 Å². The Morgan fingerprint density at radius 3 is 2.23 bits per heavy atom. The average Bonchev–Trinajstić information content (AvgIpc) is 3.38. The lowest BCUT2D eigenvalue weighted by molar-refractivity contribution is -0.124. The van der Waals surface area contributed by atoms with E-state index in [9.17, 15) is 14.4 Å². The average molecular weight is 499 g/mol. The van der Waals surface area contributed by atoms with Crippen molar-refractivity contribution in [1.29, 1.82) is 0 Å². The number of anilines is 1. The second-order valence-corrected chi connectivity index (χ2v) is 8.29. The molecule has 0 saturated carbocycles. The van der Waals surface area contributed by atoms with Gasteiger partial charge in [0, 0.05) is 23.6 Å². The van der Waals surface area contributed by atoms with E-state index in [0.717, 1.165) is 10.4 Å². The number of hydrogen-bond acceptors (Lipinski definition) is 8. The van der Waals surface area contributed by atoms with Crippen molar-refractivity contribution >= 4 is 34.8 Å². The Kier molecular flexibility index (Phi) is 9.08. The van der Waals surface area contributed by atoms with Crippen molar-refractivity contribution in [3.8, 4) is 17.2 Å². The van der Waals surface area contributed by atoms with Gasteiger partial charge >= 0.3 is 5.97 Å². The summed E-state index contributed by atoms with van der Waals surface area (Å²) in [7, 11) is 4.44. The zero-order chi connectivity index (χ0) is 25.2. The maximum Gasteiger partial charge on any atom is 0.340 e. The van der Waals surface area contributed by atoms with Gasteiger partial charge in [0.25, 0.3) is 5.91 Å². The molecule has 0 atom stereocenters. The third-order valence-corrected chi connectivity index (χ3v) is 5.79. The van der Waals surface area contributed by atoms with Crippen molar-refractivity contribution in [2.24, 2.45) is 0 Å². The summed E-state index contributed by atoms with van der Waals surface area (Å²) in [6.45, 7) is -0.229. The van der Waals surface area contributed by atoms with Gasteiger partial charge in [0.2, 0.25) is 5.91 Å². The number of ether oxygens (including phenoxy) is 4. The first-order valence-corrected chi connectivity index (χ1v) is 11.5. The molecule has 0 unspecified atom stereocenters. The van der Waals surface area contributed by atoms with E-state index in [4.69, 9.17) is 18.9 Å². The van der Waals surface area contributed by atoms with Crippen LogP contribution in [0.25, 0.3) is 0 Å². The molecule has 35 heavy (non-hydrogen) atoms. The van der Waals surface area contributed by atoms with Gasteiger partial charge in [-0.1, -0.05) is 18.2 Å². The van der Waals surface area contributed by atoms with Gasteiger partial charge in [-0.15, -0.1) is 11.3 Å². The number of benzene rings is 2. The minimum Gasteiger partial charge on any atom is -0.497 e. The SMILES string of the molecule is COc1ccc(CNC(=O)COC(=O)c2cc(OC)c(OC)cc2NC(=O)Cc2cccs2)cc1. The molecule has 0 saturated heterocycles. The quantitative estimate of drug-likeness (QED) is 0.390. The lowest BCUT2D eigenvalue weighted by Gasteiger charge is -2.15. The summed E-state index contributed by atoms with van der Waals surface area (Å²) in [6, 6.07) is 13.8. The third-order valence-electron chi connectivity index (χ3n) is 4.92. The van der Waals surface area contributed by atoms with E-state index in [1.54, 1.807) is 19.2 Å². The second kappa shape index (κ2) is 12.4. The minimum absolute atomic E-state index is 0.0325. The number of methoxy groups -OCH3 is 3. The van der Waals surface area contributed by atoms with Crippen LogP contribution in [-0.2, 0) is 27.3 Å². The second-order valence-electron chi connectivity index (χ2n) is 7.26. The molecule has 184 valence electrons. The molecule has 2 N–H and O–H groups in total. The van der Waals surface area contributed by atoms with Gasteiger partial charge < -0.3 is 29.6 Å². The van der Waals surface area contributed by atoms with Gasteiger partial charge in [0.1, 0.15) is 5.75 Å². The Morgan fingerprint density at radius 2 is 1.60 bits per heavy atom. The number of amides is 2. The molecule has 0 aliphatic rings. The van der Waals surface area contributed by atoms with Crippen LogP contribution in [-0.4, -0.2) is 45.7 Å². The molecule has 1 heterocycles. The number of carbonyl (C=O) groups excluding carboxylic acids is 3. The molecule has 0 bridgehead atoms. The molecule has 3 rings (SSSR count). The summed E-state index contributed by atoms with van der Waals surface area (Å²) in [5.41, 5.74) is 1.08. The summed E-state index contributed by atoms with van der Waals surface area (Å²) in [4.78, 5) is 38.4. The van der Waals surface area contributed by atoms with Gasteiger partial charge in [-0.05, 0) is 29.1 Å². The Labute approximate surface area is 207 Å². The molecule has 0 radical (unpaired) electrons. The monoisotopic (exact) mass is 498 g/mol. The smallest absolute Gasteiger partial charge is 0.340 e. The molecule has 9 nitrogen and oxygen atoms in total. The molecule has 2 amide bonds. The fraction of sp³-hybridized carbons (Fsp3) is 0.240. The van der Waals surface area contributed by atoms with E-state index in [1.807, 2.05) is 29.6 Å². The molecule has 0 aliphatic carbocycles. The standard InChI is InChI=1S/C25H26N2O7S/c1-31-17-8-6-16(7-9-17)14-26-24(29)15-34-25(30)19-12-21(32-2)22(33-3)13-20(19)27-23(28)11-18-5-4-10-35-18/h4-10,12-13H,11,14-15H2,1-3H3,(H,26,29)(H,27,28). The molecule has 2 aromatic carbocycles. The van der Waals surface area contributed by atoms with Crippen LogP contribution in [0.15, 0.2) is 53.9 Å². The predicted molar refractivity (Wildman–Crippen MR) is 131 cm³/mol. The van der Waals surface area contributed by atoms with Crippen molar-refractivity contribution in [3.63, 3.8) is 0 Å². The van der Waals surface area contributed by atoms with Crippen molar-refractivity contribution in [2.45, 2.75) is 13.0 Å². The van der Waals surface area contributed by atoms with E-state index in [-0.39, 0.29) is 35.9 Å². The summed E-state index contributed by atoms with van der Waals surface area (Å²) < 4.78 is 20.9.